The molecule has 0 aliphatic carbocycles. The molecule has 1 heterocycles. The Morgan fingerprint density at radius 3 is 1.96 bits per heavy atom. The number of rotatable bonds is 8. The summed E-state index contributed by atoms with van der Waals surface area (Å²) in [6.45, 7) is 4.19. The maximum atomic E-state index is 12.5. The van der Waals surface area contributed by atoms with Gasteiger partial charge in [0.25, 0.3) is 0 Å². The van der Waals surface area contributed by atoms with Crippen molar-refractivity contribution in [2.75, 3.05) is 13.2 Å². The van der Waals surface area contributed by atoms with Gasteiger partial charge in [0.15, 0.2) is 0 Å². The van der Waals surface area contributed by atoms with Gasteiger partial charge in [0, 0.05) is 6.08 Å². The van der Waals surface area contributed by atoms with Crippen LogP contribution in [0.4, 0.5) is 0 Å². The van der Waals surface area contributed by atoms with Gasteiger partial charge < -0.3 is 9.47 Å². The molecule has 0 bridgehead atoms. The molecule has 1 saturated heterocycles. The second-order valence-corrected chi connectivity index (χ2v) is 6.47. The standard InChI is InChI=1S/C23H25NO4/c1-3-27-20(25)16-15-19-22(23(26)28-4-2)24(19)21(17-11-7-5-8-12-17)18-13-9-6-10-14-18/h5-16,19,21-22H,3-4H2,1-2H3/b16-15+/t19-,22-,24?/m1/s1. The van der Waals surface area contributed by atoms with Crippen LogP contribution in [0.3, 0.4) is 0 Å². The van der Waals surface area contributed by atoms with Crippen LogP contribution in [-0.2, 0) is 19.1 Å². The second-order valence-electron chi connectivity index (χ2n) is 6.47. The molecule has 28 heavy (non-hydrogen) atoms. The third kappa shape index (κ3) is 4.49. The molecular formula is C23H25NO4. The summed E-state index contributed by atoms with van der Waals surface area (Å²) in [6, 6.07) is 19.3. The topological polar surface area (TPSA) is 55.6 Å². The van der Waals surface area contributed by atoms with Crippen molar-refractivity contribution in [3.05, 3.63) is 83.9 Å². The van der Waals surface area contributed by atoms with Crippen molar-refractivity contribution < 1.29 is 19.1 Å². The largest absolute Gasteiger partial charge is 0.465 e. The summed E-state index contributed by atoms with van der Waals surface area (Å²) < 4.78 is 10.2. The molecule has 3 atom stereocenters. The zero-order valence-corrected chi connectivity index (χ0v) is 16.2. The molecule has 1 aliphatic heterocycles. The van der Waals surface area contributed by atoms with Gasteiger partial charge in [0.05, 0.1) is 25.3 Å². The monoisotopic (exact) mass is 379 g/mol. The predicted octanol–water partition coefficient (Wildman–Crippen LogP) is 3.51. The smallest absolute Gasteiger partial charge is 0.330 e. The molecule has 146 valence electrons. The van der Waals surface area contributed by atoms with Crippen molar-refractivity contribution in [3.8, 4) is 0 Å². The van der Waals surface area contributed by atoms with Crippen LogP contribution in [0.15, 0.2) is 72.8 Å². The van der Waals surface area contributed by atoms with Gasteiger partial charge >= 0.3 is 11.9 Å². The Hall–Kier alpha value is -2.92. The lowest BCUT2D eigenvalue weighted by Gasteiger charge is -2.21. The molecule has 1 aliphatic rings. The van der Waals surface area contributed by atoms with E-state index in [1.54, 1.807) is 19.9 Å². The van der Waals surface area contributed by atoms with Gasteiger partial charge in [-0.25, -0.2) is 4.79 Å². The first-order valence-corrected chi connectivity index (χ1v) is 9.56. The van der Waals surface area contributed by atoms with E-state index in [2.05, 4.69) is 4.90 Å². The van der Waals surface area contributed by atoms with E-state index >= 15 is 0 Å². The van der Waals surface area contributed by atoms with E-state index in [1.807, 2.05) is 60.7 Å². The van der Waals surface area contributed by atoms with Crippen LogP contribution < -0.4 is 0 Å². The van der Waals surface area contributed by atoms with Crippen LogP contribution in [0.2, 0.25) is 0 Å². The number of esters is 2. The van der Waals surface area contributed by atoms with Crippen molar-refractivity contribution in [2.45, 2.75) is 32.0 Å². The summed E-state index contributed by atoms with van der Waals surface area (Å²) >= 11 is 0. The minimum absolute atomic E-state index is 0.117. The fraction of sp³-hybridized carbons (Fsp3) is 0.304. The first kappa shape index (κ1) is 19.8. The first-order valence-electron chi connectivity index (χ1n) is 9.56. The quantitative estimate of drug-likeness (QED) is 0.399. The molecule has 5 nitrogen and oxygen atoms in total. The van der Waals surface area contributed by atoms with Gasteiger partial charge in [0.1, 0.15) is 6.04 Å². The number of benzene rings is 2. The highest BCUT2D eigenvalue weighted by Crippen LogP contribution is 2.43. The average molecular weight is 379 g/mol. The lowest BCUT2D eigenvalue weighted by molar-refractivity contribution is -0.143. The molecule has 0 aromatic heterocycles. The van der Waals surface area contributed by atoms with E-state index in [-0.39, 0.29) is 18.1 Å². The summed E-state index contributed by atoms with van der Waals surface area (Å²) in [5.74, 6) is -0.689. The van der Waals surface area contributed by atoms with Gasteiger partial charge in [-0.15, -0.1) is 0 Å². The Morgan fingerprint density at radius 1 is 0.929 bits per heavy atom. The average Bonchev–Trinajstić information content (AvgIpc) is 3.42. The van der Waals surface area contributed by atoms with Crippen molar-refractivity contribution in [1.29, 1.82) is 0 Å². The molecule has 0 spiro atoms. The minimum Gasteiger partial charge on any atom is -0.465 e. The molecule has 0 N–H and O–H groups in total. The van der Waals surface area contributed by atoms with Crippen LogP contribution in [-0.4, -0.2) is 42.1 Å². The number of hydrogen-bond acceptors (Lipinski definition) is 5. The summed E-state index contributed by atoms with van der Waals surface area (Å²) in [7, 11) is 0. The highest BCUT2D eigenvalue weighted by molar-refractivity contribution is 5.84. The zero-order chi connectivity index (χ0) is 19.9. The fourth-order valence-corrected chi connectivity index (χ4v) is 3.47. The Kier molecular flexibility index (Phi) is 6.61. The molecule has 5 heteroatoms. The minimum atomic E-state index is -0.434. The van der Waals surface area contributed by atoms with E-state index in [1.165, 1.54) is 6.08 Å². The van der Waals surface area contributed by atoms with E-state index in [4.69, 9.17) is 9.47 Å². The molecule has 2 aromatic rings. The molecule has 2 aromatic carbocycles. The van der Waals surface area contributed by atoms with Crippen molar-refractivity contribution >= 4 is 11.9 Å². The number of hydrogen-bond donors (Lipinski definition) is 0. The van der Waals surface area contributed by atoms with Crippen LogP contribution in [0, 0.1) is 0 Å². The molecule has 1 fully saturated rings. The SMILES string of the molecule is CCOC(=O)/C=C/[C@@H]1[C@H](C(=O)OCC)N1C(c1ccccc1)c1ccccc1. The number of carbonyl (C=O) groups is 2. The lowest BCUT2D eigenvalue weighted by Crippen LogP contribution is -2.20. The van der Waals surface area contributed by atoms with Crippen LogP contribution >= 0.6 is 0 Å². The Labute approximate surface area is 165 Å². The molecule has 0 saturated carbocycles. The maximum Gasteiger partial charge on any atom is 0.330 e. The predicted molar refractivity (Wildman–Crippen MR) is 107 cm³/mol. The molecule has 1 unspecified atom stereocenters. The maximum absolute atomic E-state index is 12.5. The van der Waals surface area contributed by atoms with Crippen LogP contribution in [0.1, 0.15) is 31.0 Å². The number of nitrogens with zero attached hydrogens (tertiary/aromatic N) is 1. The van der Waals surface area contributed by atoms with Gasteiger partial charge in [-0.3, -0.25) is 9.69 Å². The van der Waals surface area contributed by atoms with E-state index < -0.39 is 12.0 Å². The highest BCUT2D eigenvalue weighted by Gasteiger charge is 2.56. The summed E-state index contributed by atoms with van der Waals surface area (Å²) in [5, 5.41) is 0. The summed E-state index contributed by atoms with van der Waals surface area (Å²) in [6.07, 6.45) is 3.13. The second kappa shape index (κ2) is 9.33. The van der Waals surface area contributed by atoms with E-state index in [0.717, 1.165) is 11.1 Å². The van der Waals surface area contributed by atoms with E-state index in [9.17, 15) is 9.59 Å². The molecular weight excluding hydrogens is 354 g/mol. The first-order chi connectivity index (χ1) is 13.7. The van der Waals surface area contributed by atoms with Crippen molar-refractivity contribution in [2.24, 2.45) is 0 Å². The number of ether oxygens (including phenoxy) is 2. The zero-order valence-electron chi connectivity index (χ0n) is 16.2. The molecule has 3 rings (SSSR count). The number of carbonyl (C=O) groups excluding carboxylic acids is 2. The normalized spacial score (nSPS) is 20.9. The lowest BCUT2D eigenvalue weighted by atomic mass is 9.98. The van der Waals surface area contributed by atoms with Crippen LogP contribution in [0.5, 0.6) is 0 Å². The van der Waals surface area contributed by atoms with Gasteiger partial charge in [-0.2, -0.15) is 0 Å². The molecule has 0 radical (unpaired) electrons. The van der Waals surface area contributed by atoms with Crippen molar-refractivity contribution in [3.63, 3.8) is 0 Å². The van der Waals surface area contributed by atoms with Crippen LogP contribution in [0.25, 0.3) is 0 Å². The Morgan fingerprint density at radius 2 is 1.46 bits per heavy atom. The summed E-state index contributed by atoms with van der Waals surface area (Å²) in [4.78, 5) is 26.4. The Balaban J connectivity index is 1.94. The highest BCUT2D eigenvalue weighted by atomic mass is 16.5. The fourth-order valence-electron chi connectivity index (χ4n) is 3.47. The van der Waals surface area contributed by atoms with Crippen molar-refractivity contribution in [1.82, 2.24) is 4.90 Å². The third-order valence-electron chi connectivity index (χ3n) is 4.67. The van der Waals surface area contributed by atoms with E-state index in [0.29, 0.717) is 13.2 Å². The molecule has 0 amide bonds. The third-order valence-corrected chi connectivity index (χ3v) is 4.67. The Bertz CT molecular complexity index is 780. The van der Waals surface area contributed by atoms with Gasteiger partial charge in [-0.1, -0.05) is 66.7 Å². The van der Waals surface area contributed by atoms with Gasteiger partial charge in [-0.05, 0) is 25.0 Å². The summed E-state index contributed by atoms with van der Waals surface area (Å²) in [5.41, 5.74) is 2.16. The van der Waals surface area contributed by atoms with Gasteiger partial charge in [0.2, 0.25) is 0 Å².